The Kier molecular flexibility index (Phi) is 6.04. The van der Waals surface area contributed by atoms with Gasteiger partial charge in [-0.15, -0.1) is 0 Å². The number of nitrogens with zero attached hydrogens (tertiary/aromatic N) is 1. The van der Waals surface area contributed by atoms with Crippen molar-refractivity contribution in [3.63, 3.8) is 0 Å². The summed E-state index contributed by atoms with van der Waals surface area (Å²) >= 11 is 0. The van der Waals surface area contributed by atoms with Gasteiger partial charge in [0.15, 0.2) is 17.3 Å². The molecule has 0 aromatic heterocycles. The van der Waals surface area contributed by atoms with Crippen molar-refractivity contribution < 1.29 is 18.3 Å². The van der Waals surface area contributed by atoms with Gasteiger partial charge in [-0.25, -0.2) is 8.78 Å². The van der Waals surface area contributed by atoms with Gasteiger partial charge < -0.3 is 9.47 Å². The highest BCUT2D eigenvalue weighted by Crippen LogP contribution is 2.42. The van der Waals surface area contributed by atoms with Crippen LogP contribution in [0.2, 0.25) is 0 Å². The molecule has 0 amide bonds. The van der Waals surface area contributed by atoms with Crippen LogP contribution < -0.4 is 9.47 Å². The maximum absolute atomic E-state index is 14.8. The zero-order valence-corrected chi connectivity index (χ0v) is 17.2. The molecule has 2 aliphatic rings. The minimum absolute atomic E-state index is 0.184. The highest BCUT2D eigenvalue weighted by molar-refractivity contribution is 5.50. The first kappa shape index (κ1) is 20.1. The summed E-state index contributed by atoms with van der Waals surface area (Å²) in [6.45, 7) is 3.02. The van der Waals surface area contributed by atoms with Gasteiger partial charge in [-0.2, -0.15) is 0 Å². The van der Waals surface area contributed by atoms with E-state index in [9.17, 15) is 8.78 Å². The highest BCUT2D eigenvalue weighted by Gasteiger charge is 2.31. The first-order chi connectivity index (χ1) is 14.1. The number of hydrogen-bond acceptors (Lipinski definition) is 3. The second-order valence-electron chi connectivity index (χ2n) is 8.42. The molecular weight excluding hydrogens is 372 g/mol. The quantitative estimate of drug-likeness (QED) is 0.680. The lowest BCUT2D eigenvalue weighted by molar-refractivity contribution is 0.161. The van der Waals surface area contributed by atoms with Gasteiger partial charge in [-0.3, -0.25) is 4.90 Å². The summed E-state index contributed by atoms with van der Waals surface area (Å²) in [5.41, 5.74) is 3.04. The van der Waals surface area contributed by atoms with Crippen LogP contribution in [0.15, 0.2) is 30.3 Å². The Labute approximate surface area is 171 Å². The van der Waals surface area contributed by atoms with E-state index in [1.165, 1.54) is 32.1 Å². The fraction of sp³-hybridized carbons (Fsp3) is 0.500. The van der Waals surface area contributed by atoms with E-state index >= 15 is 0 Å². The fourth-order valence-corrected chi connectivity index (χ4v) is 4.98. The molecule has 0 spiro atoms. The number of benzene rings is 2. The van der Waals surface area contributed by atoms with Crippen LogP contribution in [0, 0.1) is 23.5 Å². The van der Waals surface area contributed by atoms with Crippen molar-refractivity contribution in [3.05, 3.63) is 58.7 Å². The van der Waals surface area contributed by atoms with Crippen molar-refractivity contribution in [1.29, 1.82) is 0 Å². The van der Waals surface area contributed by atoms with Gasteiger partial charge in [0.1, 0.15) is 5.82 Å². The van der Waals surface area contributed by atoms with Crippen LogP contribution >= 0.6 is 0 Å². The van der Waals surface area contributed by atoms with E-state index in [0.717, 1.165) is 55.6 Å². The third kappa shape index (κ3) is 4.40. The summed E-state index contributed by atoms with van der Waals surface area (Å²) in [6, 6.07) is 8.75. The monoisotopic (exact) mass is 401 g/mol. The molecule has 3 nitrogen and oxygen atoms in total. The standard InChI is InChI=1S/C24H29F2NO2/c1-28-22-14-19-12-18(13-21(19)23(26)24(22)29-2)11-16-7-9-27(10-8-16)15-17-3-5-20(25)6-4-17/h3-6,14,16,18H,7-13,15H2,1-2H3. The molecule has 2 aromatic rings. The third-order valence-electron chi connectivity index (χ3n) is 6.50. The first-order valence-corrected chi connectivity index (χ1v) is 10.5. The fourth-order valence-electron chi connectivity index (χ4n) is 4.98. The number of fused-ring (bicyclic) bond motifs is 1. The average molecular weight is 401 g/mol. The summed E-state index contributed by atoms with van der Waals surface area (Å²) < 4.78 is 38.4. The molecule has 0 N–H and O–H groups in total. The van der Waals surface area contributed by atoms with Crippen LogP contribution in [-0.2, 0) is 19.4 Å². The van der Waals surface area contributed by atoms with E-state index in [1.807, 2.05) is 18.2 Å². The van der Waals surface area contributed by atoms with E-state index in [0.29, 0.717) is 17.6 Å². The molecule has 0 saturated carbocycles. The van der Waals surface area contributed by atoms with Crippen molar-refractivity contribution in [2.45, 2.75) is 38.6 Å². The van der Waals surface area contributed by atoms with E-state index in [-0.39, 0.29) is 17.4 Å². The van der Waals surface area contributed by atoms with Crippen LogP contribution in [0.3, 0.4) is 0 Å². The molecule has 1 heterocycles. The molecule has 156 valence electrons. The number of rotatable bonds is 6. The van der Waals surface area contributed by atoms with Crippen molar-refractivity contribution in [2.75, 3.05) is 27.3 Å². The third-order valence-corrected chi connectivity index (χ3v) is 6.50. The second kappa shape index (κ2) is 8.70. The summed E-state index contributed by atoms with van der Waals surface area (Å²) in [6.07, 6.45) is 5.19. The molecule has 29 heavy (non-hydrogen) atoms. The SMILES string of the molecule is COc1cc2c(c(F)c1OC)CC(CC1CCN(Cc3ccc(F)cc3)CC1)C2. The lowest BCUT2D eigenvalue weighted by Crippen LogP contribution is -2.33. The molecule has 1 fully saturated rings. The molecule has 0 radical (unpaired) electrons. The zero-order chi connectivity index (χ0) is 20.4. The van der Waals surface area contributed by atoms with Crippen molar-refractivity contribution in [1.82, 2.24) is 4.90 Å². The van der Waals surface area contributed by atoms with Crippen molar-refractivity contribution in [3.8, 4) is 11.5 Å². The Bertz CT molecular complexity index is 845. The van der Waals surface area contributed by atoms with E-state index in [4.69, 9.17) is 9.47 Å². The Hall–Kier alpha value is -2.14. The normalized spacial score (nSPS) is 19.9. The maximum Gasteiger partial charge on any atom is 0.197 e. The second-order valence-corrected chi connectivity index (χ2v) is 8.42. The number of piperidine rings is 1. The van der Waals surface area contributed by atoms with Gasteiger partial charge in [-0.1, -0.05) is 12.1 Å². The minimum atomic E-state index is -0.251. The van der Waals surface area contributed by atoms with Gasteiger partial charge in [-0.05, 0) is 91.9 Å². The minimum Gasteiger partial charge on any atom is -0.493 e. The Morgan fingerprint density at radius 1 is 0.966 bits per heavy atom. The number of methoxy groups -OCH3 is 2. The smallest absolute Gasteiger partial charge is 0.197 e. The molecule has 1 unspecified atom stereocenters. The Morgan fingerprint density at radius 3 is 2.34 bits per heavy atom. The highest BCUT2D eigenvalue weighted by atomic mass is 19.1. The van der Waals surface area contributed by atoms with E-state index in [1.54, 1.807) is 7.11 Å². The summed E-state index contributed by atoms with van der Waals surface area (Å²) in [5.74, 6) is 1.45. The van der Waals surface area contributed by atoms with Gasteiger partial charge in [0.25, 0.3) is 0 Å². The lowest BCUT2D eigenvalue weighted by Gasteiger charge is -2.33. The molecule has 0 bridgehead atoms. The number of likely N-dealkylation sites (tertiary alicyclic amines) is 1. The van der Waals surface area contributed by atoms with Crippen LogP contribution in [0.1, 0.15) is 36.0 Å². The molecule has 1 aliphatic heterocycles. The van der Waals surface area contributed by atoms with Crippen LogP contribution in [0.4, 0.5) is 8.78 Å². The number of hydrogen-bond donors (Lipinski definition) is 0. The average Bonchev–Trinajstić information content (AvgIpc) is 3.14. The molecule has 2 aromatic carbocycles. The largest absolute Gasteiger partial charge is 0.493 e. The predicted octanol–water partition coefficient (Wildman–Crippen LogP) is 5.00. The number of ether oxygens (including phenoxy) is 2. The van der Waals surface area contributed by atoms with Gasteiger partial charge >= 0.3 is 0 Å². The van der Waals surface area contributed by atoms with Crippen molar-refractivity contribution >= 4 is 0 Å². The first-order valence-electron chi connectivity index (χ1n) is 10.5. The molecule has 1 saturated heterocycles. The van der Waals surface area contributed by atoms with Crippen molar-refractivity contribution in [2.24, 2.45) is 11.8 Å². The maximum atomic E-state index is 14.8. The van der Waals surface area contributed by atoms with Crippen LogP contribution in [-0.4, -0.2) is 32.2 Å². The van der Waals surface area contributed by atoms with Gasteiger partial charge in [0.2, 0.25) is 0 Å². The van der Waals surface area contributed by atoms with E-state index < -0.39 is 0 Å². The zero-order valence-electron chi connectivity index (χ0n) is 17.2. The summed E-state index contributed by atoms with van der Waals surface area (Å²) in [4.78, 5) is 2.45. The summed E-state index contributed by atoms with van der Waals surface area (Å²) in [7, 11) is 3.04. The summed E-state index contributed by atoms with van der Waals surface area (Å²) in [5, 5.41) is 0. The lowest BCUT2D eigenvalue weighted by atomic mass is 9.86. The molecule has 1 aliphatic carbocycles. The Balaban J connectivity index is 1.31. The number of halogens is 2. The predicted molar refractivity (Wildman–Crippen MR) is 109 cm³/mol. The Morgan fingerprint density at radius 2 is 1.69 bits per heavy atom. The van der Waals surface area contributed by atoms with Crippen LogP contribution in [0.25, 0.3) is 0 Å². The van der Waals surface area contributed by atoms with E-state index in [2.05, 4.69) is 4.90 Å². The van der Waals surface area contributed by atoms with Crippen LogP contribution in [0.5, 0.6) is 11.5 Å². The van der Waals surface area contributed by atoms with Gasteiger partial charge in [0.05, 0.1) is 14.2 Å². The van der Waals surface area contributed by atoms with Gasteiger partial charge in [0, 0.05) is 6.54 Å². The molecule has 1 atom stereocenters. The molecule has 5 heteroatoms. The topological polar surface area (TPSA) is 21.7 Å². The molecule has 4 rings (SSSR count). The molecular formula is C24H29F2NO2.